The molecule has 1 saturated carbocycles. The fourth-order valence-electron chi connectivity index (χ4n) is 2.58. The Morgan fingerprint density at radius 3 is 3.10 bits per heavy atom. The third-order valence-electron chi connectivity index (χ3n) is 3.71. The number of hydrogen-bond acceptors (Lipinski definition) is 4. The fourth-order valence-corrected chi connectivity index (χ4v) is 2.58. The van der Waals surface area contributed by atoms with Crippen LogP contribution in [0.2, 0.25) is 0 Å². The molecule has 112 valence electrons. The molecule has 1 aliphatic carbocycles. The van der Waals surface area contributed by atoms with E-state index in [1.54, 1.807) is 6.07 Å². The quantitative estimate of drug-likeness (QED) is 0.771. The number of nitrogens with one attached hydrogen (secondary N) is 3. The van der Waals surface area contributed by atoms with Crippen molar-refractivity contribution < 1.29 is 14.3 Å². The van der Waals surface area contributed by atoms with Gasteiger partial charge in [-0.05, 0) is 25.8 Å². The topological polar surface area (TPSA) is 92.3 Å². The maximum Gasteiger partial charge on any atom is 0.319 e. The van der Waals surface area contributed by atoms with Crippen LogP contribution in [-0.2, 0) is 11.3 Å². The zero-order valence-corrected chi connectivity index (χ0v) is 11.8. The van der Waals surface area contributed by atoms with Gasteiger partial charge in [-0.15, -0.1) is 0 Å². The highest BCUT2D eigenvalue weighted by Crippen LogP contribution is 2.23. The van der Waals surface area contributed by atoms with E-state index < -0.39 is 0 Å². The summed E-state index contributed by atoms with van der Waals surface area (Å²) in [6.45, 7) is 3.13. The van der Waals surface area contributed by atoms with Crippen LogP contribution in [0.3, 0.4) is 0 Å². The molecule has 2 aliphatic rings. The van der Waals surface area contributed by atoms with Gasteiger partial charge in [0.1, 0.15) is 5.69 Å². The van der Waals surface area contributed by atoms with Crippen LogP contribution >= 0.6 is 0 Å². The number of hydrogen-bond donors (Lipinski definition) is 3. The number of carbonyl (C=O) groups is 2. The van der Waals surface area contributed by atoms with Gasteiger partial charge in [0.05, 0.1) is 18.0 Å². The average Bonchev–Trinajstić information content (AvgIpc) is 2.78. The molecule has 0 saturated heterocycles. The number of nitrogens with zero attached hydrogens (tertiary/aromatic N) is 1. The minimum atomic E-state index is -0.256. The molecule has 1 aromatic heterocycles. The van der Waals surface area contributed by atoms with Crippen molar-refractivity contribution in [1.29, 1.82) is 0 Å². The SMILES string of the molecule is CCOC1CC(NC(=O)Nc2cnc3c(c2)CNC3=O)C1. The van der Waals surface area contributed by atoms with Crippen molar-refractivity contribution in [3.05, 3.63) is 23.5 Å². The molecule has 1 aromatic rings. The average molecular weight is 290 g/mol. The smallest absolute Gasteiger partial charge is 0.319 e. The summed E-state index contributed by atoms with van der Waals surface area (Å²) in [4.78, 5) is 27.3. The summed E-state index contributed by atoms with van der Waals surface area (Å²) in [5, 5.41) is 8.32. The van der Waals surface area contributed by atoms with Crippen molar-refractivity contribution in [3.8, 4) is 0 Å². The van der Waals surface area contributed by atoms with E-state index >= 15 is 0 Å². The molecule has 0 aromatic carbocycles. The van der Waals surface area contributed by atoms with Crippen molar-refractivity contribution in [3.63, 3.8) is 0 Å². The summed E-state index contributed by atoms with van der Waals surface area (Å²) < 4.78 is 5.45. The number of fused-ring (bicyclic) bond motifs is 1. The Balaban J connectivity index is 1.51. The lowest BCUT2D eigenvalue weighted by atomic mass is 9.89. The van der Waals surface area contributed by atoms with Gasteiger partial charge in [0.2, 0.25) is 0 Å². The maximum atomic E-state index is 11.9. The molecule has 7 nitrogen and oxygen atoms in total. The van der Waals surface area contributed by atoms with Gasteiger partial charge in [-0.1, -0.05) is 0 Å². The highest BCUT2D eigenvalue weighted by Gasteiger charge is 2.30. The minimum absolute atomic E-state index is 0.159. The molecule has 0 spiro atoms. The monoisotopic (exact) mass is 290 g/mol. The molecule has 1 fully saturated rings. The Kier molecular flexibility index (Phi) is 3.74. The van der Waals surface area contributed by atoms with Crippen molar-refractivity contribution in [2.45, 2.75) is 38.5 Å². The zero-order valence-electron chi connectivity index (χ0n) is 11.8. The van der Waals surface area contributed by atoms with Gasteiger partial charge >= 0.3 is 6.03 Å². The largest absolute Gasteiger partial charge is 0.378 e. The number of anilines is 1. The number of amides is 3. The number of ether oxygens (including phenoxy) is 1. The second-order valence-electron chi connectivity index (χ2n) is 5.26. The van der Waals surface area contributed by atoms with Crippen LogP contribution in [0.1, 0.15) is 35.8 Å². The van der Waals surface area contributed by atoms with Crippen molar-refractivity contribution in [1.82, 2.24) is 15.6 Å². The molecule has 3 amide bonds. The van der Waals surface area contributed by atoms with E-state index in [1.807, 2.05) is 6.92 Å². The first-order chi connectivity index (χ1) is 10.2. The number of rotatable bonds is 4. The van der Waals surface area contributed by atoms with Crippen molar-refractivity contribution in [2.24, 2.45) is 0 Å². The maximum absolute atomic E-state index is 11.9. The molecule has 2 heterocycles. The van der Waals surface area contributed by atoms with Gasteiger partial charge in [0.15, 0.2) is 0 Å². The van der Waals surface area contributed by atoms with Crippen LogP contribution < -0.4 is 16.0 Å². The van der Waals surface area contributed by atoms with Crippen molar-refractivity contribution >= 4 is 17.6 Å². The number of urea groups is 1. The predicted octanol–water partition coefficient (Wildman–Crippen LogP) is 1.01. The van der Waals surface area contributed by atoms with Crippen LogP contribution in [0.25, 0.3) is 0 Å². The molecule has 3 rings (SSSR count). The molecule has 7 heteroatoms. The summed E-state index contributed by atoms with van der Waals surface area (Å²) in [7, 11) is 0. The molecular weight excluding hydrogens is 272 g/mol. The molecule has 1 aliphatic heterocycles. The first-order valence-corrected chi connectivity index (χ1v) is 7.12. The lowest BCUT2D eigenvalue weighted by molar-refractivity contribution is -0.00673. The van der Waals surface area contributed by atoms with Crippen molar-refractivity contribution in [2.75, 3.05) is 11.9 Å². The normalized spacial score (nSPS) is 23.0. The van der Waals surface area contributed by atoms with E-state index in [0.29, 0.717) is 24.5 Å². The summed E-state index contributed by atoms with van der Waals surface area (Å²) in [6.07, 6.45) is 3.45. The van der Waals surface area contributed by atoms with Gasteiger partial charge in [0, 0.05) is 24.8 Å². The lowest BCUT2D eigenvalue weighted by Crippen LogP contribution is -2.49. The first-order valence-electron chi connectivity index (χ1n) is 7.12. The lowest BCUT2D eigenvalue weighted by Gasteiger charge is -2.35. The number of aromatic nitrogens is 1. The molecule has 0 atom stereocenters. The predicted molar refractivity (Wildman–Crippen MR) is 76.0 cm³/mol. The van der Waals surface area contributed by atoms with Gasteiger partial charge < -0.3 is 20.7 Å². The third kappa shape index (κ3) is 2.97. The van der Waals surface area contributed by atoms with Crippen LogP contribution in [0.15, 0.2) is 12.3 Å². The van der Waals surface area contributed by atoms with Gasteiger partial charge in [-0.3, -0.25) is 4.79 Å². The van der Waals surface area contributed by atoms with E-state index in [4.69, 9.17) is 4.74 Å². The summed E-state index contributed by atoms with van der Waals surface area (Å²) in [5.74, 6) is -0.169. The Morgan fingerprint density at radius 2 is 2.33 bits per heavy atom. The summed E-state index contributed by atoms with van der Waals surface area (Å²) >= 11 is 0. The van der Waals surface area contributed by atoms with E-state index in [2.05, 4.69) is 20.9 Å². The minimum Gasteiger partial charge on any atom is -0.378 e. The second-order valence-corrected chi connectivity index (χ2v) is 5.26. The van der Waals surface area contributed by atoms with E-state index in [9.17, 15) is 9.59 Å². The summed E-state index contributed by atoms with van der Waals surface area (Å²) in [6, 6.07) is 1.67. The molecular formula is C14H18N4O3. The standard InChI is InChI=1S/C14H18N4O3/c1-2-21-11-4-9(5-11)17-14(20)18-10-3-8-6-16-13(19)12(8)15-7-10/h3,7,9,11H,2,4-6H2,1H3,(H,16,19)(H2,17,18,20). The van der Waals surface area contributed by atoms with E-state index in [1.165, 1.54) is 6.20 Å². The van der Waals surface area contributed by atoms with Gasteiger partial charge in [0.25, 0.3) is 5.91 Å². The van der Waals surface area contributed by atoms with E-state index in [-0.39, 0.29) is 24.1 Å². The molecule has 21 heavy (non-hydrogen) atoms. The van der Waals surface area contributed by atoms with Crippen LogP contribution in [0.5, 0.6) is 0 Å². The summed E-state index contributed by atoms with van der Waals surface area (Å²) in [5.41, 5.74) is 1.82. The highest BCUT2D eigenvalue weighted by molar-refractivity contribution is 5.97. The van der Waals surface area contributed by atoms with Gasteiger partial charge in [-0.2, -0.15) is 0 Å². The van der Waals surface area contributed by atoms with Crippen LogP contribution in [0.4, 0.5) is 10.5 Å². The Hall–Kier alpha value is -2.15. The first kappa shape index (κ1) is 13.8. The van der Waals surface area contributed by atoms with E-state index in [0.717, 1.165) is 18.4 Å². The zero-order chi connectivity index (χ0) is 14.8. The Labute approximate surface area is 122 Å². The van der Waals surface area contributed by atoms with Crippen LogP contribution in [0, 0.1) is 0 Å². The molecule has 0 unspecified atom stereocenters. The molecule has 0 bridgehead atoms. The molecule has 0 radical (unpaired) electrons. The number of pyridine rings is 1. The number of carbonyl (C=O) groups excluding carboxylic acids is 2. The van der Waals surface area contributed by atoms with Gasteiger partial charge in [-0.25, -0.2) is 9.78 Å². The highest BCUT2D eigenvalue weighted by atomic mass is 16.5. The molecule has 3 N–H and O–H groups in total. The second kappa shape index (κ2) is 5.69. The fraction of sp³-hybridized carbons (Fsp3) is 0.500. The third-order valence-corrected chi connectivity index (χ3v) is 3.71. The Morgan fingerprint density at radius 1 is 1.52 bits per heavy atom. The Bertz CT molecular complexity index is 569. The van der Waals surface area contributed by atoms with Crippen LogP contribution in [-0.4, -0.2) is 35.7 Å².